The first-order valence-corrected chi connectivity index (χ1v) is 4.66. The molecule has 0 radical (unpaired) electrons. The van der Waals surface area contributed by atoms with Gasteiger partial charge in [-0.1, -0.05) is 11.6 Å². The molecule has 0 aromatic heterocycles. The molecule has 1 aromatic carbocycles. The van der Waals surface area contributed by atoms with Crippen LogP contribution in [0.15, 0.2) is 12.1 Å². The fraction of sp³-hybridized carbons (Fsp3) is 0.300. The van der Waals surface area contributed by atoms with Crippen LogP contribution in [0.4, 0.5) is 13.2 Å². The predicted molar refractivity (Wildman–Crippen MR) is 52.9 cm³/mol. The second-order valence-electron chi connectivity index (χ2n) is 3.15. The SMILES string of the molecule is CC(=O)c1ccc(OC(F)(F)F)c(C)c1Cl. The predicted octanol–water partition coefficient (Wildman–Crippen LogP) is 3.75. The van der Waals surface area contributed by atoms with Gasteiger partial charge in [0.15, 0.2) is 5.78 Å². The zero-order valence-electron chi connectivity index (χ0n) is 8.48. The van der Waals surface area contributed by atoms with E-state index in [1.165, 1.54) is 19.9 Å². The van der Waals surface area contributed by atoms with Crippen LogP contribution in [0.5, 0.6) is 5.75 Å². The lowest BCUT2D eigenvalue weighted by atomic mass is 10.1. The lowest BCUT2D eigenvalue weighted by molar-refractivity contribution is -0.274. The lowest BCUT2D eigenvalue weighted by Crippen LogP contribution is -2.18. The summed E-state index contributed by atoms with van der Waals surface area (Å²) >= 11 is 5.75. The first-order valence-electron chi connectivity index (χ1n) is 4.28. The highest BCUT2D eigenvalue weighted by Gasteiger charge is 2.32. The minimum Gasteiger partial charge on any atom is -0.405 e. The monoisotopic (exact) mass is 252 g/mol. The van der Waals surface area contributed by atoms with E-state index in [9.17, 15) is 18.0 Å². The van der Waals surface area contributed by atoms with Crippen LogP contribution in [0.25, 0.3) is 0 Å². The Kier molecular flexibility index (Phi) is 3.48. The molecule has 16 heavy (non-hydrogen) atoms. The number of carbonyl (C=O) groups excluding carboxylic acids is 1. The van der Waals surface area contributed by atoms with Crippen molar-refractivity contribution in [2.24, 2.45) is 0 Å². The van der Waals surface area contributed by atoms with Gasteiger partial charge in [0.2, 0.25) is 0 Å². The third-order valence-corrected chi connectivity index (χ3v) is 2.43. The molecule has 0 saturated heterocycles. The molecule has 2 nitrogen and oxygen atoms in total. The van der Waals surface area contributed by atoms with Gasteiger partial charge in [-0.2, -0.15) is 0 Å². The van der Waals surface area contributed by atoms with E-state index in [1.54, 1.807) is 0 Å². The number of ketones is 1. The Morgan fingerprint density at radius 3 is 2.38 bits per heavy atom. The highest BCUT2D eigenvalue weighted by molar-refractivity contribution is 6.34. The van der Waals surface area contributed by atoms with Gasteiger partial charge in [0, 0.05) is 11.1 Å². The van der Waals surface area contributed by atoms with Crippen LogP contribution in [0.1, 0.15) is 22.8 Å². The smallest absolute Gasteiger partial charge is 0.405 e. The Bertz CT molecular complexity index is 427. The zero-order chi connectivity index (χ0) is 12.5. The summed E-state index contributed by atoms with van der Waals surface area (Å²) in [5, 5.41) is -0.0192. The molecule has 6 heteroatoms. The van der Waals surface area contributed by atoms with Crippen molar-refractivity contribution in [3.05, 3.63) is 28.3 Å². The number of alkyl halides is 3. The van der Waals surface area contributed by atoms with Crippen LogP contribution in [-0.4, -0.2) is 12.1 Å². The number of carbonyl (C=O) groups is 1. The summed E-state index contributed by atoms with van der Waals surface area (Å²) < 4.78 is 39.7. The molecule has 0 saturated carbocycles. The minimum absolute atomic E-state index is 0.0192. The second-order valence-corrected chi connectivity index (χ2v) is 3.53. The van der Waals surface area contributed by atoms with Gasteiger partial charge in [-0.3, -0.25) is 4.79 Å². The molecule has 0 spiro atoms. The van der Waals surface area contributed by atoms with E-state index in [2.05, 4.69) is 4.74 Å². The van der Waals surface area contributed by atoms with Crippen LogP contribution in [-0.2, 0) is 0 Å². The number of Topliss-reactive ketones (excluding diaryl/α,β-unsaturated/α-hetero) is 1. The third-order valence-electron chi connectivity index (χ3n) is 1.94. The summed E-state index contributed by atoms with van der Waals surface area (Å²) in [4.78, 5) is 11.1. The average molecular weight is 253 g/mol. The van der Waals surface area contributed by atoms with Gasteiger partial charge in [0.1, 0.15) is 5.75 Å². The lowest BCUT2D eigenvalue weighted by Gasteiger charge is -2.13. The highest BCUT2D eigenvalue weighted by atomic mass is 35.5. The molecule has 0 aliphatic heterocycles. The van der Waals surface area contributed by atoms with Crippen molar-refractivity contribution in [2.45, 2.75) is 20.2 Å². The van der Waals surface area contributed by atoms with E-state index in [0.29, 0.717) is 0 Å². The van der Waals surface area contributed by atoms with Crippen LogP contribution >= 0.6 is 11.6 Å². The van der Waals surface area contributed by atoms with Crippen LogP contribution in [0.3, 0.4) is 0 Å². The van der Waals surface area contributed by atoms with Gasteiger partial charge >= 0.3 is 6.36 Å². The van der Waals surface area contributed by atoms with E-state index < -0.39 is 12.1 Å². The Labute approximate surface area is 95.0 Å². The Morgan fingerprint density at radius 2 is 1.94 bits per heavy atom. The van der Waals surface area contributed by atoms with Crippen LogP contribution < -0.4 is 4.74 Å². The average Bonchev–Trinajstić information content (AvgIpc) is 2.10. The third kappa shape index (κ3) is 2.88. The molecule has 0 unspecified atom stereocenters. The Hall–Kier alpha value is -1.23. The highest BCUT2D eigenvalue weighted by Crippen LogP contribution is 2.32. The molecule has 1 aromatic rings. The molecule has 0 aliphatic rings. The first kappa shape index (κ1) is 12.8. The molecule has 1 rings (SSSR count). The second kappa shape index (κ2) is 4.33. The number of benzene rings is 1. The van der Waals surface area contributed by atoms with Gasteiger partial charge < -0.3 is 4.74 Å². The van der Waals surface area contributed by atoms with Crippen LogP contribution in [0, 0.1) is 6.92 Å². The summed E-state index contributed by atoms with van der Waals surface area (Å²) in [5.74, 6) is -0.714. The van der Waals surface area contributed by atoms with E-state index in [-0.39, 0.29) is 21.9 Å². The summed E-state index contributed by atoms with van der Waals surface area (Å²) in [7, 11) is 0. The summed E-state index contributed by atoms with van der Waals surface area (Å²) in [6.07, 6.45) is -4.77. The standard InChI is InChI=1S/C10H8ClF3O2/c1-5-8(16-10(12,13)14)4-3-7(6(2)15)9(5)11/h3-4H,1-2H3. The fourth-order valence-electron chi connectivity index (χ4n) is 1.17. The molecular weight excluding hydrogens is 245 g/mol. The molecule has 0 atom stereocenters. The molecule has 0 aliphatic carbocycles. The molecule has 0 bridgehead atoms. The van der Waals surface area contributed by atoms with Crippen molar-refractivity contribution in [1.29, 1.82) is 0 Å². The summed E-state index contributed by atoms with van der Waals surface area (Å²) in [5.41, 5.74) is 0.264. The van der Waals surface area contributed by atoms with Gasteiger partial charge in [0.05, 0.1) is 5.02 Å². The Balaban J connectivity index is 3.17. The van der Waals surface area contributed by atoms with Crippen molar-refractivity contribution in [3.63, 3.8) is 0 Å². The molecule has 0 heterocycles. The quantitative estimate of drug-likeness (QED) is 0.750. The first-order chi connectivity index (χ1) is 7.22. The number of ether oxygens (including phenoxy) is 1. The van der Waals surface area contributed by atoms with Gasteiger partial charge in [0.25, 0.3) is 0 Å². The number of hydrogen-bond donors (Lipinski definition) is 0. The topological polar surface area (TPSA) is 26.3 Å². The molecule has 88 valence electrons. The normalized spacial score (nSPS) is 11.4. The van der Waals surface area contributed by atoms with Crippen molar-refractivity contribution in [1.82, 2.24) is 0 Å². The summed E-state index contributed by atoms with van der Waals surface area (Å²) in [6, 6.07) is 2.28. The summed E-state index contributed by atoms with van der Waals surface area (Å²) in [6.45, 7) is 2.64. The van der Waals surface area contributed by atoms with Crippen molar-refractivity contribution >= 4 is 17.4 Å². The van der Waals surface area contributed by atoms with Crippen LogP contribution in [0.2, 0.25) is 5.02 Å². The van der Waals surface area contributed by atoms with Gasteiger partial charge in [-0.15, -0.1) is 13.2 Å². The largest absolute Gasteiger partial charge is 0.573 e. The molecule has 0 fully saturated rings. The molecular formula is C10H8ClF3O2. The fourth-order valence-corrected chi connectivity index (χ4v) is 1.46. The number of hydrogen-bond acceptors (Lipinski definition) is 2. The Morgan fingerprint density at radius 1 is 1.38 bits per heavy atom. The van der Waals surface area contributed by atoms with E-state index in [0.717, 1.165) is 6.07 Å². The van der Waals surface area contributed by atoms with Gasteiger partial charge in [-0.05, 0) is 26.0 Å². The van der Waals surface area contributed by atoms with Crippen molar-refractivity contribution in [2.75, 3.05) is 0 Å². The maximum absolute atomic E-state index is 12.0. The van der Waals surface area contributed by atoms with Crippen molar-refractivity contribution in [3.8, 4) is 5.75 Å². The zero-order valence-corrected chi connectivity index (χ0v) is 9.24. The van der Waals surface area contributed by atoms with E-state index in [1.807, 2.05) is 0 Å². The maximum Gasteiger partial charge on any atom is 0.573 e. The number of halogens is 4. The minimum atomic E-state index is -4.77. The molecule has 0 N–H and O–H groups in total. The van der Waals surface area contributed by atoms with E-state index >= 15 is 0 Å². The van der Waals surface area contributed by atoms with E-state index in [4.69, 9.17) is 11.6 Å². The maximum atomic E-state index is 12.0. The number of rotatable bonds is 2. The van der Waals surface area contributed by atoms with Crippen molar-refractivity contribution < 1.29 is 22.7 Å². The van der Waals surface area contributed by atoms with Gasteiger partial charge in [-0.25, -0.2) is 0 Å². The molecule has 0 amide bonds.